The first-order chi connectivity index (χ1) is 23.4. The Morgan fingerprint density at radius 1 is 0.521 bits per heavy atom. The normalized spacial score (nSPS) is 11.7. The average molecular weight is 864 g/mol. The van der Waals surface area contributed by atoms with Gasteiger partial charge >= 0.3 is 0 Å². The Morgan fingerprint density at radius 3 is 1.33 bits per heavy atom. The van der Waals surface area contributed by atoms with Gasteiger partial charge in [-0.05, 0) is 81.6 Å². The van der Waals surface area contributed by atoms with E-state index in [1.54, 1.807) is 12.1 Å². The summed E-state index contributed by atoms with van der Waals surface area (Å²) in [6.45, 7) is 1.85. The summed E-state index contributed by atoms with van der Waals surface area (Å²) >= 11 is 4.05. The molecule has 0 radical (unpaired) electrons. The van der Waals surface area contributed by atoms with Crippen LogP contribution in [0.1, 0.15) is 12.8 Å². The molecular weight excluding hydrogens is 834 g/mol. The molecule has 0 aliphatic carbocycles. The average Bonchev–Trinajstić information content (AvgIpc) is 3.11. The van der Waals surface area contributed by atoms with Crippen molar-refractivity contribution in [3.05, 3.63) is 93.2 Å². The quantitative estimate of drug-likeness (QED) is 0.0458. The van der Waals surface area contributed by atoms with Gasteiger partial charge in [-0.25, -0.2) is 0 Å². The van der Waals surface area contributed by atoms with E-state index in [2.05, 4.69) is 10.6 Å². The van der Waals surface area contributed by atoms with E-state index in [1.165, 1.54) is 0 Å². The van der Waals surface area contributed by atoms with Gasteiger partial charge in [-0.1, -0.05) is 81.6 Å². The van der Waals surface area contributed by atoms with Gasteiger partial charge in [0.25, 0.3) is 0 Å². The first-order valence-corrected chi connectivity index (χ1v) is 18.8. The minimum absolute atomic E-state index is 0.00767. The fourth-order valence-electron chi connectivity index (χ4n) is 6.67. The van der Waals surface area contributed by atoms with Crippen molar-refractivity contribution in [2.75, 3.05) is 35.2 Å². The summed E-state index contributed by atoms with van der Waals surface area (Å²) in [5, 5.41) is 15.1. The maximum absolute atomic E-state index is 14.1. The van der Waals surface area contributed by atoms with Crippen molar-refractivity contribution in [3.63, 3.8) is 0 Å². The number of fused-ring (bicyclic) bond motifs is 6. The standard InChI is InChI=1S/C38H30I2N2O6/c39-19-31(43)41-13-3-15-47-21-10-12-24-29(17-21)37(45)27-7-1-5-25-33-23-11-9-22(48-16-4-14-42-32(44)20-40)18-30(23)38(46)28-8-2-6-26(36(28)33)34(24)35(25)27/h1-2,5-12,17-18H,3-4,13-16,19-20H2,(H,41,43)(H,42,44). The van der Waals surface area contributed by atoms with Gasteiger partial charge in [0, 0.05) is 45.4 Å². The minimum Gasteiger partial charge on any atom is -0.494 e. The predicted molar refractivity (Wildman–Crippen MR) is 210 cm³/mol. The van der Waals surface area contributed by atoms with Crippen molar-refractivity contribution in [2.45, 2.75) is 12.8 Å². The number of alkyl halides is 2. The van der Waals surface area contributed by atoms with Gasteiger partial charge in [0.2, 0.25) is 11.8 Å². The summed E-state index contributed by atoms with van der Waals surface area (Å²) in [6, 6.07) is 22.9. The Bertz CT molecular complexity index is 2310. The van der Waals surface area contributed by atoms with Crippen molar-refractivity contribution < 1.29 is 19.1 Å². The van der Waals surface area contributed by atoms with Crippen LogP contribution in [0.15, 0.2) is 82.4 Å². The summed E-state index contributed by atoms with van der Waals surface area (Å²) < 4.78 is 12.8. The number of hydrogen-bond acceptors (Lipinski definition) is 6. The highest BCUT2D eigenvalue weighted by molar-refractivity contribution is 14.1. The summed E-state index contributed by atoms with van der Waals surface area (Å²) in [6.07, 6.45) is 1.29. The predicted octanol–water partition coefficient (Wildman–Crippen LogP) is 6.84. The summed E-state index contributed by atoms with van der Waals surface area (Å²) in [5.74, 6) is 1.17. The number of halogens is 2. The molecule has 0 bridgehead atoms. The fraction of sp³-hybridized carbons (Fsp3) is 0.211. The van der Waals surface area contributed by atoms with Crippen molar-refractivity contribution in [1.82, 2.24) is 10.6 Å². The lowest BCUT2D eigenvalue weighted by Crippen LogP contribution is -2.26. The zero-order valence-electron chi connectivity index (χ0n) is 25.8. The van der Waals surface area contributed by atoms with Crippen LogP contribution in [0.25, 0.3) is 64.6 Å². The summed E-state index contributed by atoms with van der Waals surface area (Å²) in [4.78, 5) is 51.2. The molecule has 0 aromatic heterocycles. The van der Waals surface area contributed by atoms with Crippen LogP contribution in [-0.4, -0.2) is 47.0 Å². The van der Waals surface area contributed by atoms with E-state index in [1.807, 2.05) is 106 Å². The third-order valence-electron chi connectivity index (χ3n) is 8.73. The van der Waals surface area contributed by atoms with E-state index in [0.29, 0.717) is 81.0 Å². The molecule has 8 nitrogen and oxygen atoms in total. The summed E-state index contributed by atoms with van der Waals surface area (Å²) in [7, 11) is 0. The number of benzene rings is 7. The Labute approximate surface area is 302 Å². The van der Waals surface area contributed by atoms with E-state index in [0.717, 1.165) is 43.1 Å². The second-order valence-corrected chi connectivity index (χ2v) is 13.2. The fourth-order valence-corrected chi connectivity index (χ4v) is 7.21. The Balaban J connectivity index is 1.34. The van der Waals surface area contributed by atoms with E-state index < -0.39 is 0 Å². The lowest BCUT2D eigenvalue weighted by atomic mass is 9.85. The molecule has 2 N–H and O–H groups in total. The SMILES string of the molecule is O=C(CI)NCCCOc1ccc2c(c1)c(=O)c1cccc3c1c2c1cccc2c(=O)c4cc(OCCCNC(=O)CI)ccc4c3c21. The van der Waals surface area contributed by atoms with Gasteiger partial charge in [-0.3, -0.25) is 19.2 Å². The number of nitrogens with one attached hydrogen (secondary N) is 2. The molecule has 0 aliphatic rings. The van der Waals surface area contributed by atoms with E-state index in [-0.39, 0.29) is 22.7 Å². The second kappa shape index (κ2) is 13.8. The number of ether oxygens (including phenoxy) is 2. The van der Waals surface area contributed by atoms with Gasteiger partial charge in [0.15, 0.2) is 10.9 Å². The van der Waals surface area contributed by atoms with Crippen LogP contribution in [0, 0.1) is 0 Å². The zero-order chi connectivity index (χ0) is 33.4. The molecular formula is C38H30I2N2O6. The monoisotopic (exact) mass is 864 g/mol. The highest BCUT2D eigenvalue weighted by Gasteiger charge is 2.21. The van der Waals surface area contributed by atoms with E-state index in [9.17, 15) is 19.2 Å². The molecule has 7 aromatic rings. The maximum atomic E-state index is 14.1. The van der Waals surface area contributed by atoms with Crippen molar-refractivity contribution in [2.24, 2.45) is 0 Å². The molecule has 48 heavy (non-hydrogen) atoms. The molecule has 0 fully saturated rings. The number of carbonyl (C=O) groups is 2. The van der Waals surface area contributed by atoms with Crippen LogP contribution in [-0.2, 0) is 9.59 Å². The van der Waals surface area contributed by atoms with Crippen molar-refractivity contribution >= 4 is 122 Å². The van der Waals surface area contributed by atoms with Gasteiger partial charge in [0.05, 0.1) is 22.1 Å². The van der Waals surface area contributed by atoms with Gasteiger partial charge in [-0.2, -0.15) is 0 Å². The molecule has 7 rings (SSSR count). The van der Waals surface area contributed by atoms with Crippen molar-refractivity contribution in [1.29, 1.82) is 0 Å². The first-order valence-electron chi connectivity index (χ1n) is 15.7. The minimum atomic E-state index is -0.0731. The van der Waals surface area contributed by atoms with Crippen LogP contribution in [0.2, 0.25) is 0 Å². The van der Waals surface area contributed by atoms with Crippen molar-refractivity contribution in [3.8, 4) is 11.5 Å². The largest absolute Gasteiger partial charge is 0.494 e. The molecule has 0 saturated heterocycles. The Kier molecular flexibility index (Phi) is 9.36. The number of carbonyl (C=O) groups excluding carboxylic acids is 2. The first kappa shape index (κ1) is 32.5. The highest BCUT2D eigenvalue weighted by atomic mass is 127. The zero-order valence-corrected chi connectivity index (χ0v) is 30.1. The lowest BCUT2D eigenvalue weighted by Gasteiger charge is -2.18. The van der Waals surface area contributed by atoms with E-state index >= 15 is 0 Å². The topological polar surface area (TPSA) is 111 Å². The van der Waals surface area contributed by atoms with Crippen LogP contribution in [0.4, 0.5) is 0 Å². The van der Waals surface area contributed by atoms with Crippen LogP contribution < -0.4 is 31.0 Å². The van der Waals surface area contributed by atoms with Crippen LogP contribution >= 0.6 is 45.2 Å². The van der Waals surface area contributed by atoms with Gasteiger partial charge in [-0.15, -0.1) is 0 Å². The molecule has 242 valence electrons. The van der Waals surface area contributed by atoms with Crippen LogP contribution in [0.3, 0.4) is 0 Å². The molecule has 0 aliphatic heterocycles. The van der Waals surface area contributed by atoms with E-state index in [4.69, 9.17) is 9.47 Å². The Hall–Kier alpha value is -4.04. The molecule has 10 heteroatoms. The molecule has 0 atom stereocenters. The third kappa shape index (κ3) is 5.82. The molecule has 2 amide bonds. The lowest BCUT2D eigenvalue weighted by molar-refractivity contribution is -0.119. The summed E-state index contributed by atoms with van der Waals surface area (Å²) in [5.41, 5.74) is -0.146. The van der Waals surface area contributed by atoms with Gasteiger partial charge < -0.3 is 20.1 Å². The third-order valence-corrected chi connectivity index (χ3v) is 10.1. The smallest absolute Gasteiger partial charge is 0.229 e. The number of amides is 2. The molecule has 7 aromatic carbocycles. The maximum Gasteiger partial charge on any atom is 0.229 e. The molecule has 0 unspecified atom stereocenters. The highest BCUT2D eigenvalue weighted by Crippen LogP contribution is 2.44. The number of hydrogen-bond donors (Lipinski definition) is 2. The molecule has 0 spiro atoms. The Morgan fingerprint density at radius 2 is 0.917 bits per heavy atom. The molecule has 0 saturated carbocycles. The van der Waals surface area contributed by atoms with Crippen LogP contribution in [0.5, 0.6) is 11.5 Å². The van der Waals surface area contributed by atoms with Gasteiger partial charge in [0.1, 0.15) is 11.5 Å². The molecule has 0 heterocycles. The second-order valence-electron chi connectivity index (χ2n) is 11.7. The number of rotatable bonds is 12.